The second kappa shape index (κ2) is 10.2. The fourth-order valence-electron chi connectivity index (χ4n) is 3.76. The van der Waals surface area contributed by atoms with E-state index in [-0.39, 0.29) is 21.9 Å². The number of hydrazone groups is 1. The molecule has 10 heteroatoms. The van der Waals surface area contributed by atoms with Crippen LogP contribution < -0.4 is 5.14 Å². The number of hydrogen-bond donors (Lipinski definition) is 2. The molecule has 1 aliphatic rings. The number of rotatable bonds is 9. The fraction of sp³-hybridized carbons (Fsp3) is 0.348. The number of hydrogen-bond acceptors (Lipinski definition) is 7. The highest BCUT2D eigenvalue weighted by Gasteiger charge is 2.42. The maximum absolute atomic E-state index is 13.4. The molecule has 33 heavy (non-hydrogen) atoms. The van der Waals surface area contributed by atoms with Crippen molar-refractivity contribution in [2.45, 2.75) is 31.6 Å². The lowest BCUT2D eigenvalue weighted by atomic mass is 9.95. The van der Waals surface area contributed by atoms with Gasteiger partial charge in [-0.15, -0.1) is 0 Å². The number of aromatic hydroxyl groups is 1. The zero-order valence-electron chi connectivity index (χ0n) is 18.6. The number of phenolic OH excluding ortho intramolecular Hbond substituents is 1. The molecule has 176 valence electrons. The third-order valence-corrected chi connectivity index (χ3v) is 6.53. The zero-order chi connectivity index (χ0) is 24.2. The first-order valence-electron chi connectivity index (χ1n) is 10.8. The summed E-state index contributed by atoms with van der Waals surface area (Å²) in [5.74, 6) is -2.35. The van der Waals surface area contributed by atoms with Crippen LogP contribution in [0.2, 0.25) is 0 Å². The van der Waals surface area contributed by atoms with Crippen molar-refractivity contribution in [3.63, 3.8) is 0 Å². The van der Waals surface area contributed by atoms with Crippen molar-refractivity contribution in [2.24, 2.45) is 16.2 Å². The third-order valence-electron chi connectivity index (χ3n) is 5.56. The van der Waals surface area contributed by atoms with Crippen molar-refractivity contribution in [3.8, 4) is 5.75 Å². The number of sulfonamides is 1. The highest BCUT2D eigenvalue weighted by molar-refractivity contribution is 7.89. The second-order valence-electron chi connectivity index (χ2n) is 7.80. The SMILES string of the molecule is CCCCN(CC)C[C@@H]1C(=O)N(C(=O)c2ccccc2S(N)(=O)=O)N=C1c1ccccc1O. The summed E-state index contributed by atoms with van der Waals surface area (Å²) < 4.78 is 24.0. The van der Waals surface area contributed by atoms with Gasteiger partial charge in [0.15, 0.2) is 0 Å². The molecule has 0 saturated carbocycles. The van der Waals surface area contributed by atoms with Gasteiger partial charge in [-0.1, -0.05) is 44.5 Å². The molecule has 0 aromatic heterocycles. The minimum atomic E-state index is -4.20. The van der Waals surface area contributed by atoms with Crippen LogP contribution >= 0.6 is 0 Å². The Hall–Kier alpha value is -3.08. The predicted octanol–water partition coefficient (Wildman–Crippen LogP) is 2.16. The third kappa shape index (κ3) is 5.29. The van der Waals surface area contributed by atoms with Crippen LogP contribution in [0.3, 0.4) is 0 Å². The standard InChI is InChI=1S/C23H28N4O5S/c1-3-5-14-26(4-2)15-18-21(16-10-6-8-12-19(16)28)25-27(23(18)30)22(29)17-11-7-9-13-20(17)33(24,31)32/h6-13,18,28H,3-5,14-15H2,1-2H3,(H2,24,31,32)/t18-/m0/s1. The van der Waals surface area contributed by atoms with E-state index >= 15 is 0 Å². The monoisotopic (exact) mass is 472 g/mol. The van der Waals surface area contributed by atoms with Gasteiger partial charge in [0.1, 0.15) is 5.75 Å². The first-order valence-corrected chi connectivity index (χ1v) is 12.3. The molecule has 0 fully saturated rings. The Bertz CT molecular complexity index is 1180. The summed E-state index contributed by atoms with van der Waals surface area (Å²) in [4.78, 5) is 28.4. The van der Waals surface area contributed by atoms with Crippen LogP contribution in [0, 0.1) is 5.92 Å². The molecule has 0 aliphatic carbocycles. The topological polar surface area (TPSA) is 133 Å². The van der Waals surface area contributed by atoms with Crippen molar-refractivity contribution in [1.82, 2.24) is 9.91 Å². The van der Waals surface area contributed by atoms with Gasteiger partial charge in [-0.2, -0.15) is 10.1 Å². The van der Waals surface area contributed by atoms with Crippen molar-refractivity contribution in [2.75, 3.05) is 19.6 Å². The molecule has 1 heterocycles. The van der Waals surface area contributed by atoms with Gasteiger partial charge in [0.2, 0.25) is 10.0 Å². The Morgan fingerprint density at radius 1 is 1.15 bits per heavy atom. The minimum absolute atomic E-state index is 0.0649. The van der Waals surface area contributed by atoms with Crippen molar-refractivity contribution in [1.29, 1.82) is 0 Å². The van der Waals surface area contributed by atoms with E-state index in [9.17, 15) is 23.1 Å². The lowest BCUT2D eigenvalue weighted by molar-refractivity contribution is -0.129. The van der Waals surface area contributed by atoms with E-state index in [1.54, 1.807) is 18.2 Å². The molecule has 3 rings (SSSR count). The van der Waals surface area contributed by atoms with Gasteiger partial charge in [0, 0.05) is 12.1 Å². The molecule has 3 N–H and O–H groups in total. The van der Waals surface area contributed by atoms with Crippen LogP contribution in [0.15, 0.2) is 58.5 Å². The normalized spacial score (nSPS) is 16.4. The highest BCUT2D eigenvalue weighted by Crippen LogP contribution is 2.29. The van der Waals surface area contributed by atoms with Crippen molar-refractivity contribution >= 4 is 27.5 Å². The number of nitrogens with two attached hydrogens (primary N) is 1. The summed E-state index contributed by atoms with van der Waals surface area (Å²) >= 11 is 0. The summed E-state index contributed by atoms with van der Waals surface area (Å²) in [5, 5.41) is 20.6. The number of benzene rings is 2. The molecule has 2 aromatic rings. The number of phenols is 1. The van der Waals surface area contributed by atoms with Gasteiger partial charge in [-0.05, 0) is 43.8 Å². The van der Waals surface area contributed by atoms with Crippen LogP contribution in [0.4, 0.5) is 0 Å². The van der Waals surface area contributed by atoms with Crippen molar-refractivity contribution < 1.29 is 23.1 Å². The van der Waals surface area contributed by atoms with Gasteiger partial charge in [0.05, 0.1) is 22.1 Å². The number of nitrogens with zero attached hydrogens (tertiary/aromatic N) is 3. The van der Waals surface area contributed by atoms with E-state index in [2.05, 4.69) is 16.9 Å². The lowest BCUT2D eigenvalue weighted by Crippen LogP contribution is -2.40. The fourth-order valence-corrected chi connectivity index (χ4v) is 4.49. The molecular weight excluding hydrogens is 444 g/mol. The number of amides is 2. The maximum atomic E-state index is 13.4. The Labute approximate surface area is 193 Å². The smallest absolute Gasteiger partial charge is 0.282 e. The number of imide groups is 1. The Morgan fingerprint density at radius 2 is 1.82 bits per heavy atom. The Balaban J connectivity index is 2.04. The van der Waals surface area contributed by atoms with Crippen molar-refractivity contribution in [3.05, 3.63) is 59.7 Å². The lowest BCUT2D eigenvalue weighted by Gasteiger charge is -2.24. The first-order chi connectivity index (χ1) is 15.7. The summed E-state index contributed by atoms with van der Waals surface area (Å²) in [7, 11) is -4.20. The summed E-state index contributed by atoms with van der Waals surface area (Å²) in [5.41, 5.74) is 0.361. The molecule has 1 aliphatic heterocycles. The molecule has 0 saturated heterocycles. The molecular formula is C23H28N4O5S. The van der Waals surface area contributed by atoms with Gasteiger partial charge in [-0.3, -0.25) is 9.59 Å². The van der Waals surface area contributed by atoms with Gasteiger partial charge < -0.3 is 10.0 Å². The number of carbonyl (C=O) groups is 2. The molecule has 0 bridgehead atoms. The van der Waals surface area contributed by atoms with E-state index in [0.29, 0.717) is 23.7 Å². The van der Waals surface area contributed by atoms with E-state index in [0.717, 1.165) is 19.4 Å². The maximum Gasteiger partial charge on any atom is 0.282 e. The molecule has 0 spiro atoms. The summed E-state index contributed by atoms with van der Waals surface area (Å²) in [6.45, 7) is 5.83. The van der Waals surface area contributed by atoms with E-state index in [1.807, 2.05) is 6.92 Å². The first kappa shape index (κ1) is 24.6. The molecule has 0 unspecified atom stereocenters. The molecule has 2 amide bonds. The number of primary sulfonamides is 1. The molecule has 1 atom stereocenters. The van der Waals surface area contributed by atoms with Crippen LogP contribution in [0.1, 0.15) is 42.6 Å². The summed E-state index contributed by atoms with van der Waals surface area (Å²) in [6.07, 6.45) is 1.94. The Kier molecular flexibility index (Phi) is 7.62. The number of para-hydroxylation sites is 1. The predicted molar refractivity (Wildman–Crippen MR) is 124 cm³/mol. The second-order valence-corrected chi connectivity index (χ2v) is 9.33. The Morgan fingerprint density at radius 3 is 2.45 bits per heavy atom. The van der Waals surface area contributed by atoms with Gasteiger partial charge in [0.25, 0.3) is 11.8 Å². The van der Waals surface area contributed by atoms with Crippen LogP contribution in [-0.4, -0.2) is 60.6 Å². The average Bonchev–Trinajstić information content (AvgIpc) is 3.11. The quantitative estimate of drug-likeness (QED) is 0.537. The van der Waals surface area contributed by atoms with Crippen LogP contribution in [-0.2, 0) is 14.8 Å². The van der Waals surface area contributed by atoms with Gasteiger partial charge in [-0.25, -0.2) is 13.6 Å². The van der Waals surface area contributed by atoms with Gasteiger partial charge >= 0.3 is 0 Å². The molecule has 0 radical (unpaired) electrons. The molecule has 9 nitrogen and oxygen atoms in total. The average molecular weight is 473 g/mol. The zero-order valence-corrected chi connectivity index (χ0v) is 19.5. The summed E-state index contributed by atoms with van der Waals surface area (Å²) in [6, 6.07) is 11.9. The number of carbonyl (C=O) groups excluding carboxylic acids is 2. The largest absolute Gasteiger partial charge is 0.507 e. The van der Waals surface area contributed by atoms with E-state index in [1.165, 1.54) is 30.3 Å². The van der Waals surface area contributed by atoms with E-state index < -0.39 is 27.8 Å². The highest BCUT2D eigenvalue weighted by atomic mass is 32.2. The van der Waals surface area contributed by atoms with Crippen LogP contribution in [0.5, 0.6) is 5.75 Å². The molecule has 2 aromatic carbocycles. The minimum Gasteiger partial charge on any atom is -0.507 e. The number of unbranched alkanes of at least 4 members (excludes halogenated alkanes) is 1. The van der Waals surface area contributed by atoms with E-state index in [4.69, 9.17) is 5.14 Å². The van der Waals surface area contributed by atoms with Crippen LogP contribution in [0.25, 0.3) is 0 Å².